The van der Waals surface area contributed by atoms with Gasteiger partial charge in [-0.05, 0) is 49.2 Å². The molecule has 2 heterocycles. The normalized spacial score (nSPS) is 13.8. The molecule has 0 unspecified atom stereocenters. The smallest absolute Gasteiger partial charge is 0.251 e. The van der Waals surface area contributed by atoms with Crippen molar-refractivity contribution in [2.24, 2.45) is 0 Å². The Kier molecular flexibility index (Phi) is 4.93. The van der Waals surface area contributed by atoms with Crippen molar-refractivity contribution in [3.63, 3.8) is 0 Å². The van der Waals surface area contributed by atoms with E-state index >= 15 is 0 Å². The van der Waals surface area contributed by atoms with Gasteiger partial charge in [0.25, 0.3) is 5.91 Å². The summed E-state index contributed by atoms with van der Waals surface area (Å²) in [4.78, 5) is 30.4. The summed E-state index contributed by atoms with van der Waals surface area (Å²) in [7, 11) is 0. The predicted octanol–water partition coefficient (Wildman–Crippen LogP) is 3.24. The maximum absolute atomic E-state index is 12.5. The molecule has 0 spiro atoms. The first-order chi connectivity index (χ1) is 13.6. The molecule has 1 aliphatic rings. The molecule has 1 aromatic heterocycles. The monoisotopic (exact) mass is 374 g/mol. The molecular formula is C22H22N4O2. The summed E-state index contributed by atoms with van der Waals surface area (Å²) in [6.07, 6.45) is 5.13. The first kappa shape index (κ1) is 18.0. The number of hydrogen-bond acceptors (Lipinski definition) is 3. The molecule has 1 saturated heterocycles. The third-order valence-electron chi connectivity index (χ3n) is 4.99. The molecule has 0 radical (unpaired) electrons. The van der Waals surface area contributed by atoms with E-state index in [1.54, 1.807) is 23.2 Å². The Labute approximate surface area is 163 Å². The summed E-state index contributed by atoms with van der Waals surface area (Å²) >= 11 is 0. The van der Waals surface area contributed by atoms with Crippen LogP contribution in [-0.2, 0) is 11.3 Å². The number of aryl methyl sites for hydroxylation is 1. The molecule has 0 saturated carbocycles. The van der Waals surface area contributed by atoms with Gasteiger partial charge in [0.15, 0.2) is 0 Å². The summed E-state index contributed by atoms with van der Waals surface area (Å²) in [6.45, 7) is 3.11. The Hall–Kier alpha value is -3.41. The summed E-state index contributed by atoms with van der Waals surface area (Å²) in [5.74, 6) is 0.895. The first-order valence-electron chi connectivity index (χ1n) is 9.40. The van der Waals surface area contributed by atoms with Gasteiger partial charge in [-0.15, -0.1) is 0 Å². The van der Waals surface area contributed by atoms with Crippen LogP contribution in [0.15, 0.2) is 60.9 Å². The minimum Gasteiger partial charge on any atom is -0.348 e. The number of carbonyl (C=O) groups is 2. The predicted molar refractivity (Wildman–Crippen MR) is 108 cm³/mol. The van der Waals surface area contributed by atoms with Gasteiger partial charge in [0.05, 0.1) is 0 Å². The average Bonchev–Trinajstić information content (AvgIpc) is 3.34. The molecule has 6 heteroatoms. The van der Waals surface area contributed by atoms with Crippen molar-refractivity contribution >= 4 is 17.5 Å². The topological polar surface area (TPSA) is 67.2 Å². The van der Waals surface area contributed by atoms with Crippen molar-refractivity contribution in [3.8, 4) is 5.69 Å². The van der Waals surface area contributed by atoms with Crippen molar-refractivity contribution < 1.29 is 9.59 Å². The van der Waals surface area contributed by atoms with Crippen LogP contribution in [0.3, 0.4) is 0 Å². The summed E-state index contributed by atoms with van der Waals surface area (Å²) in [5, 5.41) is 2.95. The number of hydrogen-bond donors (Lipinski definition) is 1. The van der Waals surface area contributed by atoms with Crippen LogP contribution in [0.25, 0.3) is 5.69 Å². The van der Waals surface area contributed by atoms with Gasteiger partial charge in [-0.1, -0.05) is 18.2 Å². The fourth-order valence-corrected chi connectivity index (χ4v) is 3.45. The highest BCUT2D eigenvalue weighted by Crippen LogP contribution is 2.22. The molecule has 0 bridgehead atoms. The molecule has 4 rings (SSSR count). The molecule has 2 amide bonds. The van der Waals surface area contributed by atoms with Gasteiger partial charge in [-0.25, -0.2) is 4.98 Å². The summed E-state index contributed by atoms with van der Waals surface area (Å²) < 4.78 is 2.01. The van der Waals surface area contributed by atoms with Crippen LogP contribution in [0.2, 0.25) is 0 Å². The molecule has 0 atom stereocenters. The quantitative estimate of drug-likeness (QED) is 0.746. The summed E-state index contributed by atoms with van der Waals surface area (Å²) in [5.41, 5.74) is 3.40. The van der Waals surface area contributed by atoms with E-state index in [9.17, 15) is 9.59 Å². The Balaban J connectivity index is 1.40. The SMILES string of the molecule is Cc1nccn1-c1ccc(CNC(=O)c2cccc(N3CCCC3=O)c2)cc1. The van der Waals surface area contributed by atoms with Crippen LogP contribution in [0, 0.1) is 6.92 Å². The number of carbonyl (C=O) groups excluding carboxylic acids is 2. The molecular weight excluding hydrogens is 352 g/mol. The average molecular weight is 374 g/mol. The van der Waals surface area contributed by atoms with E-state index in [0.717, 1.165) is 29.2 Å². The molecule has 0 aliphatic carbocycles. The molecule has 142 valence electrons. The lowest BCUT2D eigenvalue weighted by Gasteiger charge is -2.16. The number of nitrogens with zero attached hydrogens (tertiary/aromatic N) is 3. The van der Waals surface area contributed by atoms with Crippen molar-refractivity contribution in [1.29, 1.82) is 0 Å². The highest BCUT2D eigenvalue weighted by Gasteiger charge is 2.22. The lowest BCUT2D eigenvalue weighted by atomic mass is 10.1. The number of anilines is 1. The maximum atomic E-state index is 12.5. The Morgan fingerprint density at radius 1 is 1.14 bits per heavy atom. The van der Waals surface area contributed by atoms with Crippen LogP contribution < -0.4 is 10.2 Å². The number of benzene rings is 2. The Bertz CT molecular complexity index is 1010. The highest BCUT2D eigenvalue weighted by atomic mass is 16.2. The van der Waals surface area contributed by atoms with E-state index in [0.29, 0.717) is 25.1 Å². The van der Waals surface area contributed by atoms with Gasteiger partial charge in [0.2, 0.25) is 5.91 Å². The van der Waals surface area contributed by atoms with Gasteiger partial charge < -0.3 is 14.8 Å². The fraction of sp³-hybridized carbons (Fsp3) is 0.227. The van der Waals surface area contributed by atoms with E-state index in [4.69, 9.17) is 0 Å². The number of rotatable bonds is 5. The molecule has 28 heavy (non-hydrogen) atoms. The summed E-state index contributed by atoms with van der Waals surface area (Å²) in [6, 6.07) is 15.2. The number of amides is 2. The first-order valence-corrected chi connectivity index (χ1v) is 9.40. The minimum atomic E-state index is -0.150. The van der Waals surface area contributed by atoms with Crippen LogP contribution in [0.1, 0.15) is 34.6 Å². The largest absolute Gasteiger partial charge is 0.348 e. The second kappa shape index (κ2) is 7.68. The molecule has 6 nitrogen and oxygen atoms in total. The van der Waals surface area contributed by atoms with Gasteiger partial charge in [0.1, 0.15) is 5.82 Å². The fourth-order valence-electron chi connectivity index (χ4n) is 3.45. The van der Waals surface area contributed by atoms with Crippen molar-refractivity contribution in [3.05, 3.63) is 77.9 Å². The van der Waals surface area contributed by atoms with Gasteiger partial charge in [-0.3, -0.25) is 9.59 Å². The zero-order chi connectivity index (χ0) is 19.5. The van der Waals surface area contributed by atoms with Crippen LogP contribution in [-0.4, -0.2) is 27.9 Å². The van der Waals surface area contributed by atoms with Crippen LogP contribution in [0.5, 0.6) is 0 Å². The molecule has 1 N–H and O–H groups in total. The lowest BCUT2D eigenvalue weighted by Crippen LogP contribution is -2.25. The highest BCUT2D eigenvalue weighted by molar-refractivity contribution is 5.99. The maximum Gasteiger partial charge on any atom is 0.251 e. The van der Waals surface area contributed by atoms with E-state index < -0.39 is 0 Å². The zero-order valence-corrected chi connectivity index (χ0v) is 15.8. The third kappa shape index (κ3) is 3.67. The van der Waals surface area contributed by atoms with Crippen molar-refractivity contribution in [2.45, 2.75) is 26.3 Å². The van der Waals surface area contributed by atoms with Crippen molar-refractivity contribution in [1.82, 2.24) is 14.9 Å². The Morgan fingerprint density at radius 2 is 1.96 bits per heavy atom. The van der Waals surface area contributed by atoms with Gasteiger partial charge >= 0.3 is 0 Å². The van der Waals surface area contributed by atoms with E-state index in [2.05, 4.69) is 10.3 Å². The van der Waals surface area contributed by atoms with Crippen molar-refractivity contribution in [2.75, 3.05) is 11.4 Å². The number of nitrogens with one attached hydrogen (secondary N) is 1. The van der Waals surface area contributed by atoms with Gasteiger partial charge in [-0.2, -0.15) is 0 Å². The molecule has 3 aromatic rings. The number of aromatic nitrogens is 2. The second-order valence-electron chi connectivity index (χ2n) is 6.89. The van der Waals surface area contributed by atoms with Crippen LogP contribution >= 0.6 is 0 Å². The molecule has 2 aromatic carbocycles. The second-order valence-corrected chi connectivity index (χ2v) is 6.89. The zero-order valence-electron chi connectivity index (χ0n) is 15.8. The van der Waals surface area contributed by atoms with Crippen LogP contribution in [0.4, 0.5) is 5.69 Å². The van der Waals surface area contributed by atoms with E-state index in [1.165, 1.54) is 0 Å². The Morgan fingerprint density at radius 3 is 2.64 bits per heavy atom. The van der Waals surface area contributed by atoms with E-state index in [-0.39, 0.29) is 11.8 Å². The number of imidazole rings is 1. The molecule has 1 aliphatic heterocycles. The molecule has 1 fully saturated rings. The van der Waals surface area contributed by atoms with E-state index in [1.807, 2.05) is 54.1 Å². The third-order valence-corrected chi connectivity index (χ3v) is 4.99. The minimum absolute atomic E-state index is 0.116. The standard InChI is InChI=1S/C22H22N4O2/c1-16-23-11-13-25(16)19-9-7-17(8-10-19)15-24-22(28)18-4-2-5-20(14-18)26-12-3-6-21(26)27/h2,4-5,7-11,13-14H,3,6,12,15H2,1H3,(H,24,28). The lowest BCUT2D eigenvalue weighted by molar-refractivity contribution is -0.117. The van der Waals surface area contributed by atoms with Gasteiger partial charge in [0, 0.05) is 48.8 Å².